The molecule has 2 aliphatic rings. The fraction of sp³-hybridized carbons (Fsp3) is 0.696. The number of piperazine rings is 1. The van der Waals surface area contributed by atoms with Gasteiger partial charge in [0, 0.05) is 45.8 Å². The Bertz CT molecular complexity index is 691. The number of aryl methyl sites for hydroxylation is 1. The molecule has 2 saturated heterocycles. The Balaban J connectivity index is 1.51. The predicted molar refractivity (Wildman–Crippen MR) is 116 cm³/mol. The molecule has 2 atom stereocenters. The van der Waals surface area contributed by atoms with Crippen molar-refractivity contribution in [1.29, 1.82) is 0 Å². The van der Waals surface area contributed by atoms with Crippen molar-refractivity contribution < 1.29 is 14.3 Å². The normalized spacial score (nSPS) is 23.8. The molecule has 2 fully saturated rings. The van der Waals surface area contributed by atoms with Crippen molar-refractivity contribution in [2.45, 2.75) is 33.7 Å². The van der Waals surface area contributed by atoms with Gasteiger partial charge in [0.1, 0.15) is 0 Å². The lowest BCUT2D eigenvalue weighted by atomic mass is 9.92. The van der Waals surface area contributed by atoms with E-state index in [9.17, 15) is 4.79 Å². The average Bonchev–Trinajstić information content (AvgIpc) is 2.68. The summed E-state index contributed by atoms with van der Waals surface area (Å²) in [6.45, 7) is 13.7. The fourth-order valence-corrected chi connectivity index (χ4v) is 4.80. The van der Waals surface area contributed by atoms with Crippen LogP contribution >= 0.6 is 0 Å². The number of carbonyl (C=O) groups excluding carboxylic acids is 1. The Morgan fingerprint density at radius 2 is 1.55 bits per heavy atom. The smallest absolute Gasteiger partial charge is 0.236 e. The summed E-state index contributed by atoms with van der Waals surface area (Å²) in [5.41, 5.74) is 2.45. The highest BCUT2D eigenvalue weighted by molar-refractivity contribution is 5.78. The maximum atomic E-state index is 12.8. The first kappa shape index (κ1) is 21.9. The van der Waals surface area contributed by atoms with Gasteiger partial charge in [-0.25, -0.2) is 0 Å². The molecule has 0 N–H and O–H groups in total. The Morgan fingerprint density at radius 3 is 2.14 bits per heavy atom. The van der Waals surface area contributed by atoms with Crippen LogP contribution in [0.25, 0.3) is 0 Å². The maximum Gasteiger partial charge on any atom is 0.236 e. The van der Waals surface area contributed by atoms with Crippen LogP contribution in [0.4, 0.5) is 0 Å². The minimum atomic E-state index is 0.285. The predicted octanol–water partition coefficient (Wildman–Crippen LogP) is 2.63. The number of likely N-dealkylation sites (tertiary alicyclic amines) is 1. The lowest BCUT2D eigenvalue weighted by Gasteiger charge is -2.38. The van der Waals surface area contributed by atoms with Crippen molar-refractivity contribution >= 4 is 5.91 Å². The molecule has 0 saturated carbocycles. The topological polar surface area (TPSA) is 45.2 Å². The largest absolute Gasteiger partial charge is 0.493 e. The van der Waals surface area contributed by atoms with Crippen molar-refractivity contribution in [1.82, 2.24) is 14.7 Å². The molecule has 2 heterocycles. The van der Waals surface area contributed by atoms with Gasteiger partial charge in [0.25, 0.3) is 0 Å². The van der Waals surface area contributed by atoms with Crippen LogP contribution < -0.4 is 9.47 Å². The molecular weight excluding hydrogens is 366 g/mol. The molecule has 0 aliphatic carbocycles. The number of piperidine rings is 1. The Kier molecular flexibility index (Phi) is 7.41. The first-order chi connectivity index (χ1) is 13.9. The summed E-state index contributed by atoms with van der Waals surface area (Å²) in [6.07, 6.45) is 1.28. The van der Waals surface area contributed by atoms with Gasteiger partial charge in [-0.15, -0.1) is 0 Å². The van der Waals surface area contributed by atoms with Crippen molar-refractivity contribution in [2.24, 2.45) is 11.8 Å². The first-order valence-corrected chi connectivity index (χ1v) is 10.8. The van der Waals surface area contributed by atoms with Crippen LogP contribution in [-0.4, -0.2) is 80.6 Å². The van der Waals surface area contributed by atoms with Crippen LogP contribution in [0.5, 0.6) is 11.5 Å². The van der Waals surface area contributed by atoms with Gasteiger partial charge >= 0.3 is 0 Å². The standard InChI is InChI=1S/C23H37N3O3/c1-17-10-18(2)14-25(13-17)16-23(27)26-8-6-24(7-9-26)15-20-12-22(29-5)21(28-4)11-19(20)3/h11-12,17-18H,6-10,13-16H2,1-5H3. The molecule has 2 aliphatic heterocycles. The van der Waals surface area contributed by atoms with Gasteiger partial charge in [-0.2, -0.15) is 0 Å². The minimum Gasteiger partial charge on any atom is -0.493 e. The zero-order valence-electron chi connectivity index (χ0n) is 18.7. The number of amides is 1. The summed E-state index contributed by atoms with van der Waals surface area (Å²) in [4.78, 5) is 19.6. The van der Waals surface area contributed by atoms with E-state index in [-0.39, 0.29) is 5.91 Å². The molecule has 3 rings (SSSR count). The zero-order valence-corrected chi connectivity index (χ0v) is 18.7. The third-order valence-corrected chi connectivity index (χ3v) is 6.26. The lowest BCUT2D eigenvalue weighted by molar-refractivity contribution is -0.134. The van der Waals surface area contributed by atoms with Crippen LogP contribution in [0.3, 0.4) is 0 Å². The van der Waals surface area contributed by atoms with E-state index in [1.54, 1.807) is 14.2 Å². The van der Waals surface area contributed by atoms with E-state index < -0.39 is 0 Å². The van der Waals surface area contributed by atoms with Crippen molar-refractivity contribution in [3.63, 3.8) is 0 Å². The molecule has 6 nitrogen and oxygen atoms in total. The molecule has 1 aromatic carbocycles. The quantitative estimate of drug-likeness (QED) is 0.731. The molecule has 0 aromatic heterocycles. The van der Waals surface area contributed by atoms with Crippen LogP contribution in [-0.2, 0) is 11.3 Å². The monoisotopic (exact) mass is 403 g/mol. The molecule has 1 amide bonds. The van der Waals surface area contributed by atoms with Gasteiger partial charge in [0.15, 0.2) is 11.5 Å². The van der Waals surface area contributed by atoms with Crippen LogP contribution in [0.15, 0.2) is 12.1 Å². The van der Waals surface area contributed by atoms with Gasteiger partial charge in [-0.3, -0.25) is 14.6 Å². The van der Waals surface area contributed by atoms with E-state index in [4.69, 9.17) is 9.47 Å². The Morgan fingerprint density at radius 1 is 0.966 bits per heavy atom. The molecule has 162 valence electrons. The molecule has 2 unspecified atom stereocenters. The zero-order chi connectivity index (χ0) is 21.0. The van der Waals surface area contributed by atoms with Gasteiger partial charge in [-0.1, -0.05) is 13.8 Å². The first-order valence-electron chi connectivity index (χ1n) is 10.8. The van der Waals surface area contributed by atoms with Gasteiger partial charge in [0.2, 0.25) is 5.91 Å². The van der Waals surface area contributed by atoms with Crippen molar-refractivity contribution in [2.75, 3.05) is 60.0 Å². The van der Waals surface area contributed by atoms with Crippen molar-refractivity contribution in [3.05, 3.63) is 23.3 Å². The third kappa shape index (κ3) is 5.64. The number of hydrogen-bond acceptors (Lipinski definition) is 5. The molecule has 1 aromatic rings. The number of carbonyl (C=O) groups is 1. The summed E-state index contributed by atoms with van der Waals surface area (Å²) in [7, 11) is 3.34. The SMILES string of the molecule is COc1cc(C)c(CN2CCN(C(=O)CN3CC(C)CC(C)C3)CC2)cc1OC. The Labute approximate surface area is 175 Å². The second kappa shape index (κ2) is 9.81. The average molecular weight is 404 g/mol. The number of ether oxygens (including phenoxy) is 2. The van der Waals surface area contributed by atoms with E-state index >= 15 is 0 Å². The number of rotatable bonds is 6. The summed E-state index contributed by atoms with van der Waals surface area (Å²) in [6, 6.07) is 4.11. The second-order valence-electron chi connectivity index (χ2n) is 8.93. The van der Waals surface area contributed by atoms with E-state index in [0.717, 1.165) is 57.3 Å². The van der Waals surface area contributed by atoms with E-state index in [1.807, 2.05) is 11.0 Å². The van der Waals surface area contributed by atoms with E-state index in [2.05, 4.69) is 36.6 Å². The highest BCUT2D eigenvalue weighted by Crippen LogP contribution is 2.31. The summed E-state index contributed by atoms with van der Waals surface area (Å²) >= 11 is 0. The molecule has 0 bridgehead atoms. The highest BCUT2D eigenvalue weighted by atomic mass is 16.5. The van der Waals surface area contributed by atoms with Crippen LogP contribution in [0, 0.1) is 18.8 Å². The number of hydrogen-bond donors (Lipinski definition) is 0. The second-order valence-corrected chi connectivity index (χ2v) is 8.93. The molecule has 0 spiro atoms. The number of methoxy groups -OCH3 is 2. The fourth-order valence-electron chi connectivity index (χ4n) is 4.80. The van der Waals surface area contributed by atoms with E-state index in [0.29, 0.717) is 18.4 Å². The highest BCUT2D eigenvalue weighted by Gasteiger charge is 2.27. The Hall–Kier alpha value is -1.79. The van der Waals surface area contributed by atoms with Crippen LogP contribution in [0.1, 0.15) is 31.4 Å². The molecule has 6 heteroatoms. The lowest BCUT2D eigenvalue weighted by Crippen LogP contribution is -2.52. The summed E-state index contributed by atoms with van der Waals surface area (Å²) in [5, 5.41) is 0. The van der Waals surface area contributed by atoms with Gasteiger partial charge < -0.3 is 14.4 Å². The van der Waals surface area contributed by atoms with Crippen LogP contribution in [0.2, 0.25) is 0 Å². The van der Waals surface area contributed by atoms with E-state index in [1.165, 1.54) is 17.5 Å². The minimum absolute atomic E-state index is 0.285. The number of benzene rings is 1. The third-order valence-electron chi connectivity index (χ3n) is 6.26. The van der Waals surface area contributed by atoms with Gasteiger partial charge in [0.05, 0.1) is 20.8 Å². The molecule has 29 heavy (non-hydrogen) atoms. The number of nitrogens with zero attached hydrogens (tertiary/aromatic N) is 3. The summed E-state index contributed by atoms with van der Waals surface area (Å²) in [5.74, 6) is 3.20. The summed E-state index contributed by atoms with van der Waals surface area (Å²) < 4.78 is 10.8. The van der Waals surface area contributed by atoms with Gasteiger partial charge in [-0.05, 0) is 48.4 Å². The molecular formula is C23H37N3O3. The molecule has 0 radical (unpaired) electrons. The maximum absolute atomic E-state index is 12.8. The van der Waals surface area contributed by atoms with Crippen molar-refractivity contribution in [3.8, 4) is 11.5 Å².